The molecule has 0 spiro atoms. The summed E-state index contributed by atoms with van der Waals surface area (Å²) in [4.78, 5) is 7.75. The van der Waals surface area contributed by atoms with Crippen molar-refractivity contribution < 1.29 is 70.2 Å². The van der Waals surface area contributed by atoms with E-state index in [1.165, 1.54) is 19.3 Å². The Morgan fingerprint density at radius 2 is 0.812 bits per heavy atom. The summed E-state index contributed by atoms with van der Waals surface area (Å²) >= 11 is 0. The maximum atomic E-state index is 7.75. The van der Waals surface area contributed by atoms with Crippen LogP contribution in [0.4, 0.5) is 0 Å². The molecule has 0 aromatic heterocycles. The van der Waals surface area contributed by atoms with Crippen LogP contribution in [0.5, 0.6) is 0 Å². The van der Waals surface area contributed by atoms with Crippen LogP contribution < -0.4 is 0 Å². The minimum absolute atomic E-state index is 0. The van der Waals surface area contributed by atoms with Crippen LogP contribution in [0.15, 0.2) is 0 Å². The summed E-state index contributed by atoms with van der Waals surface area (Å²) in [6.45, 7) is 21.9. The molecule has 16 heavy (non-hydrogen) atoms. The Morgan fingerprint density at radius 3 is 0.812 bits per heavy atom. The first-order valence-electron chi connectivity index (χ1n) is 4.98. The largest absolute Gasteiger partial charge is 0.545 e. The van der Waals surface area contributed by atoms with Crippen LogP contribution in [0.1, 0.15) is 68.2 Å². The molecule has 0 fully saturated rings. The zero-order chi connectivity index (χ0) is 12.1. The van der Waals surface area contributed by atoms with Crippen molar-refractivity contribution in [3.05, 3.63) is 13.8 Å². The molecule has 0 aliphatic carbocycles. The topological polar surface area (TPSA) is 17.1 Å². The molecule has 0 saturated carbocycles. The fourth-order valence-electron chi connectivity index (χ4n) is 0. The molecule has 1 nitrogen and oxygen atoms in total. The van der Waals surface area contributed by atoms with Crippen molar-refractivity contribution in [2.45, 2.75) is 68.2 Å². The molecule has 3 heteroatoms. The van der Waals surface area contributed by atoms with Gasteiger partial charge < -0.3 is 18.6 Å². The average Bonchev–Trinajstić information content (AvgIpc) is 2.27. The van der Waals surface area contributed by atoms with E-state index < -0.39 is 0 Å². The van der Waals surface area contributed by atoms with Gasteiger partial charge in [0.05, 0.1) is 0 Å². The third-order valence-electron chi connectivity index (χ3n) is 0.500. The van der Waals surface area contributed by atoms with Crippen LogP contribution in [0.2, 0.25) is 0 Å². The molecule has 2 radical (unpaired) electrons. The van der Waals surface area contributed by atoms with Gasteiger partial charge in [-0.05, 0) is 0 Å². The number of hydrogen-bond donors (Lipinski definition) is 0. The normalized spacial score (nSPS) is 4.00. The first kappa shape index (κ1) is 52.2. The summed E-state index contributed by atoms with van der Waals surface area (Å²) < 4.78 is 0. The monoisotopic (exact) mass is 383 g/mol. The molecule has 0 atom stereocenters. The van der Waals surface area contributed by atoms with Gasteiger partial charge in [0.2, 0.25) is 0 Å². The second-order valence-electron chi connectivity index (χ2n) is 1.71. The van der Waals surface area contributed by atoms with Crippen LogP contribution in [0.3, 0.4) is 0 Å². The van der Waals surface area contributed by atoms with Crippen molar-refractivity contribution in [2.75, 3.05) is 0 Å². The van der Waals surface area contributed by atoms with Crippen molar-refractivity contribution in [3.63, 3.8) is 0 Å². The molecule has 0 N–H and O–H groups in total. The van der Waals surface area contributed by atoms with Gasteiger partial charge in [0, 0.05) is 65.4 Å². The van der Waals surface area contributed by atoms with E-state index in [2.05, 4.69) is 48.3 Å². The third kappa shape index (κ3) is 424. The van der Waals surface area contributed by atoms with Crippen LogP contribution in [-0.2, 0) is 70.2 Å². The molecule has 0 amide bonds. The molecule has 100 valence electrons. The SMILES string of the molecule is C.CCC.CCCC.[CH-]=O.[CH2-]C.[CH2-]C.[Y].[Y]. The maximum absolute atomic E-state index is 7.75. The van der Waals surface area contributed by atoms with E-state index in [0.29, 0.717) is 0 Å². The fraction of sp³-hybridized carbons (Fsp3) is 0.769. The third-order valence-corrected chi connectivity index (χ3v) is 0.500. The summed E-state index contributed by atoms with van der Waals surface area (Å²) in [6.07, 6.45) is 3.89. The molecule has 0 bridgehead atoms. The minimum Gasteiger partial charge on any atom is -0.545 e. The van der Waals surface area contributed by atoms with Gasteiger partial charge in [-0.3, -0.25) is 6.79 Å². The van der Waals surface area contributed by atoms with E-state index >= 15 is 0 Å². The zero-order valence-electron chi connectivity index (χ0n) is 11.7. The quantitative estimate of drug-likeness (QED) is 0.446. The molecular formula is C13H33OY2-3. The summed E-state index contributed by atoms with van der Waals surface area (Å²) in [5.74, 6) is 0. The maximum Gasteiger partial charge on any atom is 0 e. The molecule has 0 rings (SSSR count). The van der Waals surface area contributed by atoms with Crippen LogP contribution in [-0.4, -0.2) is 6.79 Å². The van der Waals surface area contributed by atoms with Crippen molar-refractivity contribution in [2.24, 2.45) is 0 Å². The Balaban J connectivity index is -0.00000000824. The van der Waals surface area contributed by atoms with Gasteiger partial charge in [0.1, 0.15) is 0 Å². The van der Waals surface area contributed by atoms with Crippen LogP contribution in [0.25, 0.3) is 0 Å². The van der Waals surface area contributed by atoms with E-state index in [1.54, 1.807) is 13.8 Å². The molecule has 0 aliphatic heterocycles. The summed E-state index contributed by atoms with van der Waals surface area (Å²) in [5.41, 5.74) is 0. The van der Waals surface area contributed by atoms with Crippen molar-refractivity contribution in [1.29, 1.82) is 0 Å². The number of carbonyl (C=O) groups excluding carboxylic acids is 1. The molecule has 0 aromatic carbocycles. The Labute approximate surface area is 157 Å². The zero-order valence-corrected chi connectivity index (χ0v) is 17.4. The Bertz CT molecular complexity index is 27.9. The van der Waals surface area contributed by atoms with Crippen molar-refractivity contribution in [1.82, 2.24) is 0 Å². The van der Waals surface area contributed by atoms with Gasteiger partial charge in [-0.15, -0.1) is 0 Å². The molecular weight excluding hydrogens is 350 g/mol. The fourth-order valence-corrected chi connectivity index (χ4v) is 0. The number of hydrogen-bond acceptors (Lipinski definition) is 1. The van der Waals surface area contributed by atoms with Crippen molar-refractivity contribution >= 4 is 6.79 Å². The second kappa shape index (κ2) is 179. The van der Waals surface area contributed by atoms with E-state index in [0.717, 1.165) is 0 Å². The Kier molecular flexibility index (Phi) is 583. The minimum atomic E-state index is 0. The molecule has 0 saturated heterocycles. The first-order chi connectivity index (χ1) is 6.33. The van der Waals surface area contributed by atoms with Gasteiger partial charge >= 0.3 is 0 Å². The van der Waals surface area contributed by atoms with Crippen LogP contribution in [0, 0.1) is 13.8 Å². The Morgan fingerprint density at radius 1 is 0.750 bits per heavy atom. The number of unbranched alkanes of at least 4 members (excludes halogenated alkanes) is 1. The summed E-state index contributed by atoms with van der Waals surface area (Å²) in [6, 6.07) is 0. The molecule has 0 unspecified atom stereocenters. The van der Waals surface area contributed by atoms with Gasteiger partial charge in [0.25, 0.3) is 0 Å². The number of rotatable bonds is 1. The average molecular weight is 383 g/mol. The molecule has 0 aliphatic rings. The van der Waals surface area contributed by atoms with E-state index in [4.69, 9.17) is 4.79 Å². The molecule has 0 aromatic rings. The van der Waals surface area contributed by atoms with Crippen LogP contribution >= 0.6 is 0 Å². The van der Waals surface area contributed by atoms with E-state index in [-0.39, 0.29) is 72.8 Å². The summed E-state index contributed by atoms with van der Waals surface area (Å²) in [7, 11) is 0. The van der Waals surface area contributed by atoms with E-state index in [1.807, 2.05) is 0 Å². The van der Waals surface area contributed by atoms with Crippen molar-refractivity contribution in [3.8, 4) is 0 Å². The van der Waals surface area contributed by atoms with Gasteiger partial charge in [-0.1, -0.05) is 54.4 Å². The predicted molar refractivity (Wildman–Crippen MR) is 72.1 cm³/mol. The predicted octanol–water partition coefficient (Wildman–Crippen LogP) is 5.26. The van der Waals surface area contributed by atoms with Gasteiger partial charge in [0.15, 0.2) is 0 Å². The summed E-state index contributed by atoms with van der Waals surface area (Å²) in [5, 5.41) is 0. The second-order valence-corrected chi connectivity index (χ2v) is 1.71. The van der Waals surface area contributed by atoms with Gasteiger partial charge in [-0.25, -0.2) is 0 Å². The Hall–Kier alpha value is 1.88. The first-order valence-corrected chi connectivity index (χ1v) is 4.98. The smallest absolute Gasteiger partial charge is 0 e. The standard InChI is InChI=1S/C4H10.C3H8.2C2H5.CHO.CH4.2Y/c1-3-4-2;1-3-2;3*1-2;;;/h3-4H2,1-2H3;3H2,1-2H3;2*1H2,2H3;1H;1H4;;/q;;3*-1;;;. The molecule has 0 heterocycles. The van der Waals surface area contributed by atoms with Gasteiger partial charge in [-0.2, -0.15) is 13.8 Å². The van der Waals surface area contributed by atoms with E-state index in [9.17, 15) is 0 Å².